The molecule has 21 heavy (non-hydrogen) atoms. The van der Waals surface area contributed by atoms with E-state index in [2.05, 4.69) is 13.0 Å². The van der Waals surface area contributed by atoms with Crippen LogP contribution in [0.15, 0.2) is 54.6 Å². The molecule has 3 heteroatoms. The summed E-state index contributed by atoms with van der Waals surface area (Å²) in [5.41, 5.74) is 7.07. The van der Waals surface area contributed by atoms with Gasteiger partial charge in [0.1, 0.15) is 12.4 Å². The minimum absolute atomic E-state index is 0.126. The molecule has 0 spiro atoms. The van der Waals surface area contributed by atoms with Crippen LogP contribution in [0.25, 0.3) is 0 Å². The Balaban J connectivity index is 2.05. The molecular formula is C18H20N2O. The number of benzene rings is 2. The normalized spacial score (nSPS) is 13.2. The van der Waals surface area contributed by atoms with Gasteiger partial charge in [-0.1, -0.05) is 55.8 Å². The first kappa shape index (κ1) is 15.1. The van der Waals surface area contributed by atoms with Crippen LogP contribution < -0.4 is 10.5 Å². The van der Waals surface area contributed by atoms with Gasteiger partial charge in [0.25, 0.3) is 0 Å². The number of rotatable bonds is 6. The number of ether oxygens (including phenoxy) is 1. The molecular weight excluding hydrogens is 260 g/mol. The van der Waals surface area contributed by atoms with E-state index in [1.807, 2.05) is 54.6 Å². The minimum Gasteiger partial charge on any atom is -0.490 e. The van der Waals surface area contributed by atoms with Gasteiger partial charge in [-0.3, -0.25) is 0 Å². The third-order valence-electron chi connectivity index (χ3n) is 3.42. The average molecular weight is 280 g/mol. The third kappa shape index (κ3) is 3.84. The summed E-state index contributed by atoms with van der Waals surface area (Å²) in [6.45, 7) is 2.28. The zero-order chi connectivity index (χ0) is 15.1. The smallest absolute Gasteiger partial charge is 0.164 e. The first-order valence-corrected chi connectivity index (χ1v) is 7.15. The van der Waals surface area contributed by atoms with Crippen LogP contribution in [0.4, 0.5) is 0 Å². The first-order valence-electron chi connectivity index (χ1n) is 7.15. The molecule has 2 aromatic rings. The summed E-state index contributed by atoms with van der Waals surface area (Å²) in [6.07, 6.45) is 2.18. The summed E-state index contributed by atoms with van der Waals surface area (Å²) in [6, 6.07) is 19.4. The Morgan fingerprint density at radius 1 is 1.10 bits per heavy atom. The molecule has 1 unspecified atom stereocenters. The molecule has 0 amide bonds. The van der Waals surface area contributed by atoms with Gasteiger partial charge in [0.2, 0.25) is 0 Å². The quantitative estimate of drug-likeness (QED) is 0.882. The Labute approximate surface area is 126 Å². The summed E-state index contributed by atoms with van der Waals surface area (Å²) in [5, 5.41) is 9.38. The zero-order valence-corrected chi connectivity index (χ0v) is 12.3. The van der Waals surface area contributed by atoms with E-state index in [4.69, 9.17) is 10.5 Å². The Morgan fingerprint density at radius 3 is 2.33 bits per heavy atom. The molecule has 0 aliphatic heterocycles. The second kappa shape index (κ2) is 6.92. The highest BCUT2D eigenvalue weighted by molar-refractivity contribution is 5.32. The van der Waals surface area contributed by atoms with Gasteiger partial charge in [0, 0.05) is 0 Å². The van der Waals surface area contributed by atoms with E-state index >= 15 is 0 Å². The van der Waals surface area contributed by atoms with Gasteiger partial charge < -0.3 is 10.5 Å². The fraction of sp³-hybridized carbons (Fsp3) is 0.278. The Kier molecular flexibility index (Phi) is 4.97. The molecule has 0 aliphatic carbocycles. The van der Waals surface area contributed by atoms with Crippen LogP contribution in [0.2, 0.25) is 0 Å². The molecule has 2 rings (SSSR count). The van der Waals surface area contributed by atoms with E-state index in [1.54, 1.807) is 0 Å². The number of nitrogens with two attached hydrogens (primary N) is 1. The van der Waals surface area contributed by atoms with Crippen LogP contribution in [-0.2, 0) is 12.0 Å². The van der Waals surface area contributed by atoms with E-state index in [9.17, 15) is 5.26 Å². The van der Waals surface area contributed by atoms with Gasteiger partial charge in [-0.05, 0) is 29.7 Å². The lowest BCUT2D eigenvalue weighted by Gasteiger charge is -2.22. The highest BCUT2D eigenvalue weighted by atomic mass is 16.5. The molecule has 0 saturated carbocycles. The van der Waals surface area contributed by atoms with Crippen LogP contribution in [0.5, 0.6) is 5.75 Å². The molecule has 0 heterocycles. The molecule has 0 bridgehead atoms. The predicted octanol–water partition coefficient (Wildman–Crippen LogP) is 3.40. The fourth-order valence-corrected chi connectivity index (χ4v) is 2.15. The van der Waals surface area contributed by atoms with Crippen LogP contribution in [0.3, 0.4) is 0 Å². The molecule has 2 aromatic carbocycles. The maximum atomic E-state index is 9.38. The van der Waals surface area contributed by atoms with Gasteiger partial charge in [-0.2, -0.15) is 5.26 Å². The number of nitrogens with zero attached hydrogens (tertiary/aromatic N) is 1. The van der Waals surface area contributed by atoms with Gasteiger partial charge in [0.15, 0.2) is 5.54 Å². The molecule has 3 nitrogen and oxygen atoms in total. The van der Waals surface area contributed by atoms with E-state index < -0.39 is 5.54 Å². The summed E-state index contributed by atoms with van der Waals surface area (Å²) in [7, 11) is 0. The lowest BCUT2D eigenvalue weighted by Crippen LogP contribution is -2.41. The molecule has 0 radical (unpaired) electrons. The standard InChI is InChI=1S/C18H20N2O/c1-2-6-15-9-11-17(12-10-15)21-14-18(20,13-19)16-7-4-3-5-8-16/h3-5,7-12H,2,6,14,20H2,1H3. The summed E-state index contributed by atoms with van der Waals surface area (Å²) < 4.78 is 5.70. The summed E-state index contributed by atoms with van der Waals surface area (Å²) >= 11 is 0. The van der Waals surface area contributed by atoms with Crippen molar-refractivity contribution in [2.45, 2.75) is 25.3 Å². The van der Waals surface area contributed by atoms with E-state index in [0.717, 1.165) is 24.2 Å². The Hall–Kier alpha value is -2.31. The molecule has 0 aromatic heterocycles. The van der Waals surface area contributed by atoms with Crippen molar-refractivity contribution in [3.63, 3.8) is 0 Å². The number of hydrogen-bond donors (Lipinski definition) is 1. The van der Waals surface area contributed by atoms with Crippen LogP contribution >= 0.6 is 0 Å². The van der Waals surface area contributed by atoms with Gasteiger partial charge >= 0.3 is 0 Å². The molecule has 1 atom stereocenters. The number of aryl methyl sites for hydroxylation is 1. The molecule has 0 aliphatic rings. The first-order chi connectivity index (χ1) is 10.2. The van der Waals surface area contributed by atoms with E-state index in [-0.39, 0.29) is 6.61 Å². The Bertz CT molecular complexity index is 601. The van der Waals surface area contributed by atoms with E-state index in [0.29, 0.717) is 0 Å². The van der Waals surface area contributed by atoms with Crippen molar-refractivity contribution < 1.29 is 4.74 Å². The predicted molar refractivity (Wildman–Crippen MR) is 83.9 cm³/mol. The molecule has 0 fully saturated rings. The van der Waals surface area contributed by atoms with Crippen molar-refractivity contribution >= 4 is 0 Å². The lowest BCUT2D eigenvalue weighted by atomic mass is 9.94. The maximum absolute atomic E-state index is 9.38. The third-order valence-corrected chi connectivity index (χ3v) is 3.42. The largest absolute Gasteiger partial charge is 0.490 e. The maximum Gasteiger partial charge on any atom is 0.164 e. The average Bonchev–Trinajstić information content (AvgIpc) is 2.55. The van der Waals surface area contributed by atoms with Crippen molar-refractivity contribution in [3.8, 4) is 11.8 Å². The van der Waals surface area contributed by atoms with Gasteiger partial charge in [0.05, 0.1) is 6.07 Å². The van der Waals surface area contributed by atoms with E-state index in [1.165, 1.54) is 5.56 Å². The number of nitriles is 1. The zero-order valence-electron chi connectivity index (χ0n) is 12.3. The molecule has 2 N–H and O–H groups in total. The lowest BCUT2D eigenvalue weighted by molar-refractivity contribution is 0.255. The number of hydrogen-bond acceptors (Lipinski definition) is 3. The molecule has 108 valence electrons. The monoisotopic (exact) mass is 280 g/mol. The van der Waals surface area contributed by atoms with Crippen molar-refractivity contribution in [2.75, 3.05) is 6.61 Å². The fourth-order valence-electron chi connectivity index (χ4n) is 2.15. The van der Waals surface area contributed by atoms with Crippen LogP contribution in [0.1, 0.15) is 24.5 Å². The van der Waals surface area contributed by atoms with Crippen molar-refractivity contribution in [3.05, 3.63) is 65.7 Å². The van der Waals surface area contributed by atoms with Crippen molar-refractivity contribution in [1.82, 2.24) is 0 Å². The van der Waals surface area contributed by atoms with Crippen LogP contribution in [-0.4, -0.2) is 6.61 Å². The highest BCUT2D eigenvalue weighted by Gasteiger charge is 2.28. The second-order valence-electron chi connectivity index (χ2n) is 5.13. The molecule has 0 saturated heterocycles. The van der Waals surface area contributed by atoms with Gasteiger partial charge in [-0.25, -0.2) is 0 Å². The van der Waals surface area contributed by atoms with Crippen molar-refractivity contribution in [1.29, 1.82) is 5.26 Å². The van der Waals surface area contributed by atoms with Crippen LogP contribution in [0, 0.1) is 11.3 Å². The Morgan fingerprint density at radius 2 is 1.76 bits per heavy atom. The topological polar surface area (TPSA) is 59.0 Å². The highest BCUT2D eigenvalue weighted by Crippen LogP contribution is 2.20. The summed E-state index contributed by atoms with van der Waals surface area (Å²) in [5.74, 6) is 0.732. The minimum atomic E-state index is -1.14. The SMILES string of the molecule is CCCc1ccc(OCC(N)(C#N)c2ccccc2)cc1. The van der Waals surface area contributed by atoms with Gasteiger partial charge in [-0.15, -0.1) is 0 Å². The second-order valence-corrected chi connectivity index (χ2v) is 5.13. The van der Waals surface area contributed by atoms with Crippen molar-refractivity contribution in [2.24, 2.45) is 5.73 Å². The summed E-state index contributed by atoms with van der Waals surface area (Å²) in [4.78, 5) is 0.